The van der Waals surface area contributed by atoms with Crippen molar-refractivity contribution in [3.05, 3.63) is 72.9 Å². The SMILES string of the molecule is CC/C=C\C/C=C\C/C=C\C/C=C/C/C=C\C/C=C\CCC(=O)OCC. The summed E-state index contributed by atoms with van der Waals surface area (Å²) in [6.45, 7) is 4.44. The van der Waals surface area contributed by atoms with Crippen molar-refractivity contribution in [2.75, 3.05) is 6.61 Å². The van der Waals surface area contributed by atoms with Crippen molar-refractivity contribution in [2.45, 2.75) is 65.2 Å². The molecule has 0 fully saturated rings. The summed E-state index contributed by atoms with van der Waals surface area (Å²) in [5, 5.41) is 0. The monoisotopic (exact) mass is 356 g/mol. The van der Waals surface area contributed by atoms with Crippen molar-refractivity contribution in [1.29, 1.82) is 0 Å². The van der Waals surface area contributed by atoms with Crippen molar-refractivity contribution >= 4 is 5.97 Å². The molecular formula is C24H36O2. The van der Waals surface area contributed by atoms with E-state index in [1.54, 1.807) is 0 Å². The molecule has 0 aromatic heterocycles. The molecule has 0 radical (unpaired) electrons. The van der Waals surface area contributed by atoms with Crippen LogP contribution in [-0.2, 0) is 9.53 Å². The molecule has 26 heavy (non-hydrogen) atoms. The summed E-state index contributed by atoms with van der Waals surface area (Å²) in [7, 11) is 0. The lowest BCUT2D eigenvalue weighted by molar-refractivity contribution is -0.142. The van der Waals surface area contributed by atoms with E-state index in [0.717, 1.165) is 44.9 Å². The topological polar surface area (TPSA) is 26.3 Å². The lowest BCUT2D eigenvalue weighted by Gasteiger charge is -1.97. The molecule has 0 saturated heterocycles. The average Bonchev–Trinajstić information content (AvgIpc) is 2.64. The summed E-state index contributed by atoms with van der Waals surface area (Å²) in [5.74, 6) is -0.118. The fraction of sp³-hybridized carbons (Fsp3) is 0.458. The molecule has 0 bridgehead atoms. The molecule has 0 aliphatic carbocycles. The molecule has 0 N–H and O–H groups in total. The van der Waals surface area contributed by atoms with Crippen LogP contribution >= 0.6 is 0 Å². The quantitative estimate of drug-likeness (QED) is 0.232. The molecule has 2 nitrogen and oxygen atoms in total. The lowest BCUT2D eigenvalue weighted by atomic mass is 10.2. The number of carbonyl (C=O) groups excluding carboxylic acids is 1. The molecule has 144 valence electrons. The molecule has 0 unspecified atom stereocenters. The second kappa shape index (κ2) is 21.0. The van der Waals surface area contributed by atoms with Gasteiger partial charge in [-0.05, 0) is 51.9 Å². The number of hydrogen-bond acceptors (Lipinski definition) is 2. The van der Waals surface area contributed by atoms with Gasteiger partial charge < -0.3 is 4.74 Å². The van der Waals surface area contributed by atoms with Gasteiger partial charge in [0, 0.05) is 6.42 Å². The highest BCUT2D eigenvalue weighted by Crippen LogP contribution is 1.98. The van der Waals surface area contributed by atoms with Crippen LogP contribution in [0.1, 0.15) is 65.2 Å². The van der Waals surface area contributed by atoms with E-state index >= 15 is 0 Å². The Morgan fingerprint density at radius 1 is 0.615 bits per heavy atom. The maximum Gasteiger partial charge on any atom is 0.306 e. The van der Waals surface area contributed by atoms with Crippen LogP contribution < -0.4 is 0 Å². The standard InChI is InChI=1S/C24H36O2/c1-3-5-6-7-8-9-10-11-12-13-14-15-16-17-18-19-20-21-22-23-24(25)26-4-2/h5-6,8-9,11-12,14-15,17-18,20-21H,3-4,7,10,13,16,19,22-23H2,1-2H3/b6-5-,9-8-,12-11-,15-14+,18-17-,21-20-. The van der Waals surface area contributed by atoms with Gasteiger partial charge in [-0.2, -0.15) is 0 Å². The zero-order valence-electron chi connectivity index (χ0n) is 16.6. The lowest BCUT2D eigenvalue weighted by Crippen LogP contribution is -2.02. The molecule has 0 aromatic carbocycles. The van der Waals surface area contributed by atoms with E-state index in [1.165, 1.54) is 0 Å². The van der Waals surface area contributed by atoms with Crippen LogP contribution in [0.15, 0.2) is 72.9 Å². The van der Waals surface area contributed by atoms with Crippen LogP contribution in [-0.4, -0.2) is 12.6 Å². The Balaban J connectivity index is 3.54. The molecule has 0 heterocycles. The van der Waals surface area contributed by atoms with Gasteiger partial charge in [-0.15, -0.1) is 0 Å². The molecule has 0 aromatic rings. The Bertz CT molecular complexity index is 490. The van der Waals surface area contributed by atoms with Crippen LogP contribution in [0.25, 0.3) is 0 Å². The van der Waals surface area contributed by atoms with Gasteiger partial charge >= 0.3 is 5.97 Å². The minimum absolute atomic E-state index is 0.118. The van der Waals surface area contributed by atoms with Crippen molar-refractivity contribution in [1.82, 2.24) is 0 Å². The predicted molar refractivity (Wildman–Crippen MR) is 114 cm³/mol. The van der Waals surface area contributed by atoms with E-state index in [0.29, 0.717) is 13.0 Å². The van der Waals surface area contributed by atoms with Gasteiger partial charge in [-0.25, -0.2) is 0 Å². The van der Waals surface area contributed by atoms with Gasteiger partial charge in [0.05, 0.1) is 6.61 Å². The zero-order chi connectivity index (χ0) is 19.1. The minimum atomic E-state index is -0.118. The number of rotatable bonds is 15. The largest absolute Gasteiger partial charge is 0.466 e. The maximum absolute atomic E-state index is 11.1. The third-order valence-electron chi connectivity index (χ3n) is 3.42. The summed E-state index contributed by atoms with van der Waals surface area (Å²) in [6.07, 6.45) is 33.3. The zero-order valence-corrected chi connectivity index (χ0v) is 16.6. The summed E-state index contributed by atoms with van der Waals surface area (Å²) in [6, 6.07) is 0. The Morgan fingerprint density at radius 2 is 1.00 bits per heavy atom. The molecule has 0 saturated carbocycles. The van der Waals surface area contributed by atoms with Crippen molar-refractivity contribution in [3.8, 4) is 0 Å². The molecule has 2 heteroatoms. The molecule has 0 spiro atoms. The van der Waals surface area contributed by atoms with E-state index in [9.17, 15) is 4.79 Å². The second-order valence-electron chi connectivity index (χ2n) is 5.76. The number of hydrogen-bond donors (Lipinski definition) is 0. The molecule has 0 aliphatic rings. The number of ether oxygens (including phenoxy) is 1. The number of carbonyl (C=O) groups is 1. The number of allylic oxidation sites excluding steroid dienone is 12. The highest BCUT2D eigenvalue weighted by molar-refractivity contribution is 5.69. The minimum Gasteiger partial charge on any atom is -0.466 e. The Labute approximate surface area is 160 Å². The summed E-state index contributed by atoms with van der Waals surface area (Å²) >= 11 is 0. The van der Waals surface area contributed by atoms with Gasteiger partial charge in [0.2, 0.25) is 0 Å². The first kappa shape index (κ1) is 23.9. The smallest absolute Gasteiger partial charge is 0.306 e. The van der Waals surface area contributed by atoms with E-state index in [-0.39, 0.29) is 5.97 Å². The highest BCUT2D eigenvalue weighted by Gasteiger charge is 1.97. The Hall–Kier alpha value is -2.09. The van der Waals surface area contributed by atoms with Gasteiger partial charge in [-0.1, -0.05) is 79.8 Å². The van der Waals surface area contributed by atoms with Gasteiger partial charge in [0.25, 0.3) is 0 Å². The average molecular weight is 357 g/mol. The molecule has 0 rings (SSSR count). The summed E-state index contributed by atoms with van der Waals surface area (Å²) in [4.78, 5) is 11.1. The van der Waals surface area contributed by atoms with Gasteiger partial charge in [-0.3, -0.25) is 4.79 Å². The Morgan fingerprint density at radius 3 is 1.38 bits per heavy atom. The first-order chi connectivity index (χ1) is 12.8. The van der Waals surface area contributed by atoms with Crippen LogP contribution in [0.5, 0.6) is 0 Å². The highest BCUT2D eigenvalue weighted by atomic mass is 16.5. The fourth-order valence-electron chi connectivity index (χ4n) is 2.07. The van der Waals surface area contributed by atoms with Gasteiger partial charge in [0.1, 0.15) is 0 Å². The van der Waals surface area contributed by atoms with Gasteiger partial charge in [0.15, 0.2) is 0 Å². The van der Waals surface area contributed by atoms with Crippen LogP contribution in [0.2, 0.25) is 0 Å². The van der Waals surface area contributed by atoms with E-state index in [2.05, 4.69) is 73.8 Å². The number of esters is 1. The van der Waals surface area contributed by atoms with Crippen molar-refractivity contribution in [2.24, 2.45) is 0 Å². The molecule has 0 aliphatic heterocycles. The van der Waals surface area contributed by atoms with E-state index in [4.69, 9.17) is 4.74 Å². The summed E-state index contributed by atoms with van der Waals surface area (Å²) < 4.78 is 4.87. The van der Waals surface area contributed by atoms with E-state index in [1.807, 2.05) is 13.0 Å². The molecule has 0 amide bonds. The van der Waals surface area contributed by atoms with Crippen LogP contribution in [0.4, 0.5) is 0 Å². The molecular weight excluding hydrogens is 320 g/mol. The fourth-order valence-corrected chi connectivity index (χ4v) is 2.07. The van der Waals surface area contributed by atoms with Crippen molar-refractivity contribution < 1.29 is 9.53 Å². The normalized spacial score (nSPS) is 12.8. The third kappa shape index (κ3) is 20.0. The van der Waals surface area contributed by atoms with Crippen LogP contribution in [0.3, 0.4) is 0 Å². The van der Waals surface area contributed by atoms with Crippen LogP contribution in [0, 0.1) is 0 Å². The first-order valence-corrected chi connectivity index (χ1v) is 9.86. The van der Waals surface area contributed by atoms with Crippen molar-refractivity contribution in [3.63, 3.8) is 0 Å². The maximum atomic E-state index is 11.1. The Kier molecular flexibility index (Phi) is 19.3. The molecule has 0 atom stereocenters. The third-order valence-corrected chi connectivity index (χ3v) is 3.42. The summed E-state index contributed by atoms with van der Waals surface area (Å²) in [5.41, 5.74) is 0. The first-order valence-electron chi connectivity index (χ1n) is 9.86. The second-order valence-corrected chi connectivity index (χ2v) is 5.76. The predicted octanol–water partition coefficient (Wildman–Crippen LogP) is 7.03. The van der Waals surface area contributed by atoms with E-state index < -0.39 is 0 Å².